The lowest BCUT2D eigenvalue weighted by Gasteiger charge is -2.04. The van der Waals surface area contributed by atoms with Crippen molar-refractivity contribution in [2.75, 3.05) is 6.61 Å². The maximum atomic E-state index is 5.69. The second-order valence-corrected chi connectivity index (χ2v) is 8.93. The van der Waals surface area contributed by atoms with Crippen molar-refractivity contribution in [3.05, 3.63) is 35.2 Å². The van der Waals surface area contributed by atoms with Gasteiger partial charge in [0.15, 0.2) is 0 Å². The highest BCUT2D eigenvalue weighted by molar-refractivity contribution is 5.03. The first-order valence-electron chi connectivity index (χ1n) is 11.1. The number of aromatic nitrogens is 3. The van der Waals surface area contributed by atoms with Gasteiger partial charge in [0.25, 0.3) is 0 Å². The summed E-state index contributed by atoms with van der Waals surface area (Å²) in [7, 11) is 0. The van der Waals surface area contributed by atoms with Crippen LogP contribution in [0.25, 0.3) is 0 Å². The topological polar surface area (TPSA) is 39.9 Å². The molecule has 1 aromatic rings. The van der Waals surface area contributed by atoms with Crippen LogP contribution in [0, 0.1) is 11.8 Å². The highest BCUT2D eigenvalue weighted by Crippen LogP contribution is 2.13. The van der Waals surface area contributed by atoms with E-state index in [-0.39, 0.29) is 0 Å². The normalized spacial score (nSPS) is 13.1. The zero-order valence-corrected chi connectivity index (χ0v) is 19.2. The minimum Gasteiger partial charge on any atom is -0.375 e. The molecule has 0 amide bonds. The van der Waals surface area contributed by atoms with Gasteiger partial charge >= 0.3 is 0 Å². The molecule has 0 aliphatic carbocycles. The number of ether oxygens (including phenoxy) is 1. The van der Waals surface area contributed by atoms with E-state index in [9.17, 15) is 0 Å². The van der Waals surface area contributed by atoms with Crippen molar-refractivity contribution in [1.82, 2.24) is 15.0 Å². The van der Waals surface area contributed by atoms with Crippen LogP contribution in [0.3, 0.4) is 0 Å². The molecule has 0 spiro atoms. The highest BCUT2D eigenvalue weighted by atomic mass is 16.5. The Hall–Kier alpha value is -1.42. The van der Waals surface area contributed by atoms with Crippen molar-refractivity contribution in [3.8, 4) is 0 Å². The van der Waals surface area contributed by atoms with Gasteiger partial charge in [0.05, 0.1) is 12.8 Å². The third kappa shape index (κ3) is 12.9. The van der Waals surface area contributed by atoms with Gasteiger partial charge < -0.3 is 4.74 Å². The van der Waals surface area contributed by atoms with Gasteiger partial charge in [0.2, 0.25) is 0 Å². The molecule has 0 radical (unpaired) electrons. The third-order valence-electron chi connectivity index (χ3n) is 4.83. The lowest BCUT2D eigenvalue weighted by Crippen LogP contribution is -1.99. The molecule has 28 heavy (non-hydrogen) atoms. The van der Waals surface area contributed by atoms with Gasteiger partial charge in [-0.25, -0.2) is 0 Å². The van der Waals surface area contributed by atoms with Crippen molar-refractivity contribution in [3.63, 3.8) is 0 Å². The molecule has 0 aliphatic rings. The number of nitrogens with zero attached hydrogens (tertiary/aromatic N) is 3. The fraction of sp³-hybridized carbons (Fsp3) is 0.750. The molecule has 1 heterocycles. The summed E-state index contributed by atoms with van der Waals surface area (Å²) in [4.78, 5) is 0. The van der Waals surface area contributed by atoms with E-state index in [1.807, 2.05) is 10.9 Å². The Labute approximate surface area is 173 Å². The molecule has 0 atom stereocenters. The zero-order valence-electron chi connectivity index (χ0n) is 19.2. The number of hydrogen-bond acceptors (Lipinski definition) is 3. The first kappa shape index (κ1) is 24.6. The van der Waals surface area contributed by atoms with Gasteiger partial charge in [-0.05, 0) is 70.6 Å². The van der Waals surface area contributed by atoms with Crippen LogP contribution in [-0.4, -0.2) is 21.6 Å². The molecule has 0 bridgehead atoms. The van der Waals surface area contributed by atoms with Crippen molar-refractivity contribution in [1.29, 1.82) is 0 Å². The van der Waals surface area contributed by atoms with E-state index in [1.165, 1.54) is 30.4 Å². The van der Waals surface area contributed by atoms with E-state index in [4.69, 9.17) is 4.74 Å². The van der Waals surface area contributed by atoms with E-state index >= 15 is 0 Å². The molecule has 4 nitrogen and oxygen atoms in total. The standard InChI is InChI=1S/C24H43N3O/c1-20(2)10-9-17-28-19-24-18-27(26-25-24)16-8-13-22(5)11-7-12-23(6)15-14-21(3)4/h11,15,18,20-21H,7-10,12-14,16-17,19H2,1-6H3/b22-11+,23-15+. The molecule has 0 saturated carbocycles. The Balaban J connectivity index is 2.18. The second-order valence-electron chi connectivity index (χ2n) is 8.93. The van der Waals surface area contributed by atoms with Crippen LogP contribution in [0.15, 0.2) is 29.5 Å². The first-order chi connectivity index (χ1) is 13.4. The van der Waals surface area contributed by atoms with Crippen LogP contribution in [0.5, 0.6) is 0 Å². The van der Waals surface area contributed by atoms with Gasteiger partial charge in [0.1, 0.15) is 5.69 Å². The summed E-state index contributed by atoms with van der Waals surface area (Å²) in [5, 5.41) is 8.43. The van der Waals surface area contributed by atoms with Crippen LogP contribution >= 0.6 is 0 Å². The summed E-state index contributed by atoms with van der Waals surface area (Å²) in [5.74, 6) is 1.49. The Morgan fingerprint density at radius 3 is 2.50 bits per heavy atom. The molecule has 160 valence electrons. The summed E-state index contributed by atoms with van der Waals surface area (Å²) >= 11 is 0. The van der Waals surface area contributed by atoms with Gasteiger partial charge in [0, 0.05) is 13.2 Å². The van der Waals surface area contributed by atoms with Gasteiger partial charge in [-0.2, -0.15) is 0 Å². The lowest BCUT2D eigenvalue weighted by atomic mass is 10.0. The fourth-order valence-corrected chi connectivity index (χ4v) is 2.99. The Bertz CT molecular complexity index is 584. The molecule has 0 aliphatic heterocycles. The van der Waals surface area contributed by atoms with Crippen LogP contribution in [-0.2, 0) is 17.9 Å². The summed E-state index contributed by atoms with van der Waals surface area (Å²) in [6.45, 7) is 15.8. The zero-order chi connectivity index (χ0) is 20.8. The molecule has 0 N–H and O–H groups in total. The molecular formula is C24H43N3O. The monoisotopic (exact) mass is 389 g/mol. The van der Waals surface area contributed by atoms with Crippen molar-refractivity contribution < 1.29 is 4.74 Å². The molecule has 1 aromatic heterocycles. The SMILES string of the molecule is C/C(=C\CC(C)C)CC/C=C(\C)CCCn1cc(COCCCC(C)C)nn1. The smallest absolute Gasteiger partial charge is 0.108 e. The van der Waals surface area contributed by atoms with Crippen molar-refractivity contribution >= 4 is 0 Å². The fourth-order valence-electron chi connectivity index (χ4n) is 2.99. The summed E-state index contributed by atoms with van der Waals surface area (Å²) < 4.78 is 7.63. The van der Waals surface area contributed by atoms with Crippen molar-refractivity contribution in [2.24, 2.45) is 11.8 Å². The maximum Gasteiger partial charge on any atom is 0.108 e. The number of hydrogen-bond donors (Lipinski definition) is 0. The van der Waals surface area contributed by atoms with E-state index in [2.05, 4.69) is 64.0 Å². The average Bonchev–Trinajstić information content (AvgIpc) is 3.07. The Morgan fingerprint density at radius 1 is 1.04 bits per heavy atom. The highest BCUT2D eigenvalue weighted by Gasteiger charge is 2.02. The van der Waals surface area contributed by atoms with Gasteiger partial charge in [-0.15, -0.1) is 5.10 Å². The minimum absolute atomic E-state index is 0.570. The molecule has 0 fully saturated rings. The number of aryl methyl sites for hydroxylation is 1. The van der Waals surface area contributed by atoms with Crippen LogP contribution in [0.4, 0.5) is 0 Å². The summed E-state index contributed by atoms with van der Waals surface area (Å²) in [6.07, 6.45) is 14.9. The molecule has 0 unspecified atom stereocenters. The van der Waals surface area contributed by atoms with Crippen LogP contribution in [0.1, 0.15) is 92.2 Å². The average molecular weight is 390 g/mol. The third-order valence-corrected chi connectivity index (χ3v) is 4.83. The lowest BCUT2D eigenvalue weighted by molar-refractivity contribution is 0.112. The molecular weight excluding hydrogens is 346 g/mol. The van der Waals surface area contributed by atoms with E-state index in [1.54, 1.807) is 0 Å². The van der Waals surface area contributed by atoms with Gasteiger partial charge in [-0.1, -0.05) is 56.2 Å². The van der Waals surface area contributed by atoms with Gasteiger partial charge in [-0.3, -0.25) is 4.68 Å². The molecule has 0 saturated heterocycles. The Kier molecular flexibility index (Phi) is 12.8. The quantitative estimate of drug-likeness (QED) is 0.246. The van der Waals surface area contributed by atoms with E-state index in [0.717, 1.165) is 56.4 Å². The van der Waals surface area contributed by atoms with Crippen molar-refractivity contribution in [2.45, 2.75) is 99.6 Å². The predicted molar refractivity (Wildman–Crippen MR) is 119 cm³/mol. The van der Waals surface area contributed by atoms with Crippen LogP contribution < -0.4 is 0 Å². The predicted octanol–water partition coefficient (Wildman–Crippen LogP) is 6.73. The number of allylic oxidation sites excluding steroid dienone is 4. The van der Waals surface area contributed by atoms with Crippen LogP contribution in [0.2, 0.25) is 0 Å². The largest absolute Gasteiger partial charge is 0.375 e. The number of rotatable bonds is 15. The Morgan fingerprint density at radius 2 is 1.79 bits per heavy atom. The minimum atomic E-state index is 0.570. The summed E-state index contributed by atoms with van der Waals surface area (Å²) in [6, 6.07) is 0. The molecule has 1 rings (SSSR count). The first-order valence-corrected chi connectivity index (χ1v) is 11.1. The second kappa shape index (κ2) is 14.6. The summed E-state index contributed by atoms with van der Waals surface area (Å²) in [5.41, 5.74) is 3.92. The maximum absolute atomic E-state index is 5.69. The van der Waals surface area contributed by atoms with E-state index in [0.29, 0.717) is 6.61 Å². The molecule has 0 aromatic carbocycles. The van der Waals surface area contributed by atoms with E-state index < -0.39 is 0 Å². The molecule has 4 heteroatoms.